The molecule has 7 nitrogen and oxygen atoms in total. The van der Waals surface area contributed by atoms with Crippen LogP contribution in [-0.4, -0.2) is 29.4 Å². The van der Waals surface area contributed by atoms with Gasteiger partial charge in [0.15, 0.2) is 5.76 Å². The largest absolute Gasteiger partial charge is 0.494 e. The Hall–Kier alpha value is -3.61. The molecule has 0 saturated heterocycles. The van der Waals surface area contributed by atoms with Gasteiger partial charge in [-0.1, -0.05) is 18.9 Å². The third kappa shape index (κ3) is 4.82. The molecule has 0 spiro atoms. The van der Waals surface area contributed by atoms with Crippen LogP contribution in [0, 0.1) is 0 Å². The lowest BCUT2D eigenvalue weighted by molar-refractivity contribution is -0.123. The van der Waals surface area contributed by atoms with Crippen LogP contribution in [0.3, 0.4) is 0 Å². The van der Waals surface area contributed by atoms with Gasteiger partial charge in [-0.25, -0.2) is 0 Å². The molecule has 1 unspecified atom stereocenters. The molecule has 32 heavy (non-hydrogen) atoms. The fourth-order valence-corrected chi connectivity index (χ4v) is 4.11. The SMILES string of the molecule is CCOc1cccc(N(C(=O)c2ccco2)C(C(=O)NC2CCCC2)c2ccncc2)c1. The first-order valence-electron chi connectivity index (χ1n) is 11.0. The average Bonchev–Trinajstić information content (AvgIpc) is 3.52. The number of carbonyl (C=O) groups excluding carboxylic acids is 2. The van der Waals surface area contributed by atoms with Crippen LogP contribution < -0.4 is 15.0 Å². The quantitative estimate of drug-likeness (QED) is 0.565. The second-order valence-electron chi connectivity index (χ2n) is 7.76. The van der Waals surface area contributed by atoms with Crippen molar-refractivity contribution < 1.29 is 18.7 Å². The van der Waals surface area contributed by atoms with E-state index >= 15 is 0 Å². The van der Waals surface area contributed by atoms with Gasteiger partial charge in [0.05, 0.1) is 12.9 Å². The van der Waals surface area contributed by atoms with E-state index in [4.69, 9.17) is 9.15 Å². The minimum Gasteiger partial charge on any atom is -0.494 e. The van der Waals surface area contributed by atoms with Crippen LogP contribution in [0.25, 0.3) is 0 Å². The molecule has 0 radical (unpaired) electrons. The van der Waals surface area contributed by atoms with Gasteiger partial charge in [0.25, 0.3) is 5.91 Å². The highest BCUT2D eigenvalue weighted by atomic mass is 16.5. The highest BCUT2D eigenvalue weighted by Gasteiger charge is 2.36. The van der Waals surface area contributed by atoms with Gasteiger partial charge >= 0.3 is 0 Å². The van der Waals surface area contributed by atoms with Crippen LogP contribution in [0.1, 0.15) is 54.8 Å². The van der Waals surface area contributed by atoms with E-state index < -0.39 is 11.9 Å². The Morgan fingerprint density at radius 2 is 1.94 bits per heavy atom. The first kappa shape index (κ1) is 21.6. The molecule has 1 N–H and O–H groups in total. The van der Waals surface area contributed by atoms with E-state index in [1.54, 1.807) is 54.9 Å². The van der Waals surface area contributed by atoms with Crippen LogP contribution in [0.5, 0.6) is 5.75 Å². The number of rotatable bonds is 8. The summed E-state index contributed by atoms with van der Waals surface area (Å²) in [7, 11) is 0. The second kappa shape index (κ2) is 10.1. The Bertz CT molecular complexity index is 1030. The van der Waals surface area contributed by atoms with Crippen LogP contribution >= 0.6 is 0 Å². The number of nitrogens with zero attached hydrogens (tertiary/aromatic N) is 2. The van der Waals surface area contributed by atoms with Crippen molar-refractivity contribution in [3.05, 3.63) is 78.5 Å². The zero-order chi connectivity index (χ0) is 22.3. The highest BCUT2D eigenvalue weighted by Crippen LogP contribution is 2.32. The molecule has 1 saturated carbocycles. The molecule has 2 amide bonds. The van der Waals surface area contributed by atoms with Crippen molar-refractivity contribution in [1.29, 1.82) is 0 Å². The molecule has 1 fully saturated rings. The molecule has 4 rings (SSSR count). The van der Waals surface area contributed by atoms with Crippen molar-refractivity contribution in [2.75, 3.05) is 11.5 Å². The number of pyridine rings is 1. The predicted octanol–water partition coefficient (Wildman–Crippen LogP) is 4.52. The number of benzene rings is 1. The van der Waals surface area contributed by atoms with E-state index in [-0.39, 0.29) is 17.7 Å². The van der Waals surface area contributed by atoms with Gasteiger partial charge < -0.3 is 14.5 Å². The molecule has 2 aromatic heterocycles. The number of anilines is 1. The maximum absolute atomic E-state index is 13.6. The van der Waals surface area contributed by atoms with Gasteiger partial charge in [0.2, 0.25) is 5.91 Å². The average molecular weight is 434 g/mol. The number of ether oxygens (including phenoxy) is 1. The Labute approximate surface area is 187 Å². The molecular formula is C25H27N3O4. The Morgan fingerprint density at radius 3 is 2.62 bits per heavy atom. The third-order valence-corrected chi connectivity index (χ3v) is 5.59. The minimum absolute atomic E-state index is 0.113. The molecule has 0 aliphatic heterocycles. The molecule has 1 aliphatic carbocycles. The number of furan rings is 1. The van der Waals surface area contributed by atoms with Gasteiger partial charge in [-0.3, -0.25) is 19.5 Å². The number of hydrogen-bond acceptors (Lipinski definition) is 5. The summed E-state index contributed by atoms with van der Waals surface area (Å²) in [6.07, 6.45) is 8.77. The summed E-state index contributed by atoms with van der Waals surface area (Å²) in [5.74, 6) is 0.128. The fourth-order valence-electron chi connectivity index (χ4n) is 4.11. The van der Waals surface area contributed by atoms with Gasteiger partial charge in [-0.15, -0.1) is 0 Å². The van der Waals surface area contributed by atoms with Crippen LogP contribution in [0.2, 0.25) is 0 Å². The summed E-state index contributed by atoms with van der Waals surface area (Å²) in [5, 5.41) is 3.15. The molecule has 1 aromatic carbocycles. The second-order valence-corrected chi connectivity index (χ2v) is 7.76. The smallest absolute Gasteiger partial charge is 0.294 e. The molecular weight excluding hydrogens is 406 g/mol. The van der Waals surface area contributed by atoms with Gasteiger partial charge in [0, 0.05) is 30.2 Å². The van der Waals surface area contributed by atoms with Crippen LogP contribution in [-0.2, 0) is 4.79 Å². The van der Waals surface area contributed by atoms with Gasteiger partial charge in [-0.05, 0) is 61.7 Å². The van der Waals surface area contributed by atoms with Crippen LogP contribution in [0.15, 0.2) is 71.6 Å². The van der Waals surface area contributed by atoms with Gasteiger partial charge in [0.1, 0.15) is 11.8 Å². The van der Waals surface area contributed by atoms with E-state index in [2.05, 4.69) is 10.3 Å². The van der Waals surface area contributed by atoms with Crippen molar-refractivity contribution in [3.8, 4) is 5.75 Å². The van der Waals surface area contributed by atoms with Crippen LogP contribution in [0.4, 0.5) is 5.69 Å². The molecule has 3 aromatic rings. The predicted molar refractivity (Wildman–Crippen MR) is 121 cm³/mol. The lowest BCUT2D eigenvalue weighted by Gasteiger charge is -2.32. The Kier molecular flexibility index (Phi) is 6.84. The standard InChI is InChI=1S/C25H27N3O4/c1-2-31-21-10-5-9-20(17-21)28(25(30)22-11-6-16-32-22)23(18-12-14-26-15-13-18)24(29)27-19-7-3-4-8-19/h5-6,9-17,19,23H,2-4,7-8H2,1H3,(H,27,29). The first-order chi connectivity index (χ1) is 15.7. The highest BCUT2D eigenvalue weighted by molar-refractivity contribution is 6.08. The number of aromatic nitrogens is 1. The summed E-state index contributed by atoms with van der Waals surface area (Å²) < 4.78 is 11.1. The third-order valence-electron chi connectivity index (χ3n) is 5.59. The number of nitrogens with one attached hydrogen (secondary N) is 1. The molecule has 1 atom stereocenters. The first-order valence-corrected chi connectivity index (χ1v) is 11.0. The molecule has 2 heterocycles. The molecule has 0 bridgehead atoms. The van der Waals surface area contributed by atoms with Crippen molar-refractivity contribution in [2.45, 2.75) is 44.7 Å². The van der Waals surface area contributed by atoms with E-state index in [1.165, 1.54) is 11.2 Å². The summed E-state index contributed by atoms with van der Waals surface area (Å²) in [5.41, 5.74) is 1.21. The Balaban J connectivity index is 1.79. The fraction of sp³-hybridized carbons (Fsp3) is 0.320. The Morgan fingerprint density at radius 1 is 1.16 bits per heavy atom. The molecule has 166 valence electrons. The van der Waals surface area contributed by atoms with Crippen molar-refractivity contribution >= 4 is 17.5 Å². The van der Waals surface area contributed by atoms with Gasteiger partial charge in [-0.2, -0.15) is 0 Å². The van der Waals surface area contributed by atoms with Crippen molar-refractivity contribution in [1.82, 2.24) is 10.3 Å². The lowest BCUT2D eigenvalue weighted by atomic mass is 10.0. The zero-order valence-electron chi connectivity index (χ0n) is 18.1. The number of carbonyl (C=O) groups is 2. The summed E-state index contributed by atoms with van der Waals surface area (Å²) in [6.45, 7) is 2.39. The minimum atomic E-state index is -0.895. The van der Waals surface area contributed by atoms with E-state index in [0.717, 1.165) is 25.7 Å². The summed E-state index contributed by atoms with van der Waals surface area (Å²) >= 11 is 0. The molecule has 7 heteroatoms. The normalized spacial score (nSPS) is 14.7. The van der Waals surface area contributed by atoms with E-state index in [0.29, 0.717) is 23.6 Å². The van der Waals surface area contributed by atoms with Crippen molar-refractivity contribution in [2.24, 2.45) is 0 Å². The number of amides is 2. The van der Waals surface area contributed by atoms with Crippen molar-refractivity contribution in [3.63, 3.8) is 0 Å². The van der Waals surface area contributed by atoms with E-state index in [1.807, 2.05) is 13.0 Å². The topological polar surface area (TPSA) is 84.7 Å². The summed E-state index contributed by atoms with van der Waals surface area (Å²) in [6, 6.07) is 13.2. The molecule has 1 aliphatic rings. The monoisotopic (exact) mass is 433 g/mol. The van der Waals surface area contributed by atoms with E-state index in [9.17, 15) is 9.59 Å². The maximum Gasteiger partial charge on any atom is 0.294 e. The number of hydrogen-bond donors (Lipinski definition) is 1. The summed E-state index contributed by atoms with van der Waals surface area (Å²) in [4.78, 5) is 32.8. The zero-order valence-corrected chi connectivity index (χ0v) is 18.1. The maximum atomic E-state index is 13.6. The lowest BCUT2D eigenvalue weighted by Crippen LogP contribution is -2.46.